The average molecular weight is 335 g/mol. The van der Waals surface area contributed by atoms with Gasteiger partial charge in [0.1, 0.15) is 0 Å². The van der Waals surface area contributed by atoms with Crippen molar-refractivity contribution in [3.63, 3.8) is 0 Å². The van der Waals surface area contributed by atoms with Crippen molar-refractivity contribution in [2.75, 3.05) is 10.8 Å². The van der Waals surface area contributed by atoms with Crippen LogP contribution in [-0.4, -0.2) is 37.2 Å². The molecule has 0 heterocycles. The molecule has 2 N–H and O–H groups in total. The molecule has 0 aliphatic rings. The van der Waals surface area contributed by atoms with Crippen molar-refractivity contribution < 1.29 is 23.4 Å². The predicted octanol–water partition coefficient (Wildman–Crippen LogP) is 1.96. The summed E-state index contributed by atoms with van der Waals surface area (Å²) in [4.78, 5) is 10.9. The fourth-order valence-corrected chi connectivity index (χ4v) is 3.69. The summed E-state index contributed by atoms with van der Waals surface area (Å²) < 4.78 is 26.8. The van der Waals surface area contributed by atoms with Crippen LogP contribution in [0.25, 0.3) is 0 Å². The lowest BCUT2D eigenvalue weighted by Crippen LogP contribution is -2.36. The van der Waals surface area contributed by atoms with Crippen molar-refractivity contribution in [1.29, 1.82) is 0 Å². The Hall–Kier alpha value is -2.38. The van der Waals surface area contributed by atoms with Crippen molar-refractivity contribution in [2.45, 2.75) is 17.9 Å². The van der Waals surface area contributed by atoms with Gasteiger partial charge in [-0.2, -0.15) is 0 Å². The van der Waals surface area contributed by atoms with Gasteiger partial charge in [-0.15, -0.1) is 0 Å². The summed E-state index contributed by atoms with van der Waals surface area (Å²) in [5, 5.41) is 18.7. The lowest BCUT2D eigenvalue weighted by atomic mass is 10.2. The van der Waals surface area contributed by atoms with Gasteiger partial charge < -0.3 is 10.2 Å². The smallest absolute Gasteiger partial charge is 0.335 e. The van der Waals surface area contributed by atoms with E-state index in [2.05, 4.69) is 0 Å². The topological polar surface area (TPSA) is 94.9 Å². The maximum Gasteiger partial charge on any atom is 0.335 e. The molecule has 0 amide bonds. The van der Waals surface area contributed by atoms with E-state index in [4.69, 9.17) is 5.11 Å². The van der Waals surface area contributed by atoms with Crippen LogP contribution in [-0.2, 0) is 10.0 Å². The van der Waals surface area contributed by atoms with Crippen LogP contribution in [0.2, 0.25) is 0 Å². The summed E-state index contributed by atoms with van der Waals surface area (Å²) in [6.07, 6.45) is -0.882. The molecule has 122 valence electrons. The molecule has 23 heavy (non-hydrogen) atoms. The monoisotopic (exact) mass is 335 g/mol. The molecule has 0 bridgehead atoms. The first-order valence-electron chi connectivity index (χ1n) is 6.91. The molecule has 6 nitrogen and oxygen atoms in total. The molecule has 2 aromatic carbocycles. The van der Waals surface area contributed by atoms with E-state index in [9.17, 15) is 18.3 Å². The second kappa shape index (κ2) is 6.80. The molecule has 1 unspecified atom stereocenters. The first-order chi connectivity index (χ1) is 10.8. The predicted molar refractivity (Wildman–Crippen MR) is 86.1 cm³/mol. The number of aliphatic hydroxyl groups excluding tert-OH is 1. The number of sulfonamides is 1. The average Bonchev–Trinajstić information content (AvgIpc) is 2.53. The molecule has 0 aliphatic carbocycles. The van der Waals surface area contributed by atoms with Gasteiger partial charge in [-0.05, 0) is 37.3 Å². The van der Waals surface area contributed by atoms with E-state index in [-0.39, 0.29) is 17.0 Å². The number of carbonyl (C=O) groups is 1. The normalized spacial score (nSPS) is 12.6. The third-order valence-corrected chi connectivity index (χ3v) is 4.93. The Morgan fingerprint density at radius 2 is 1.78 bits per heavy atom. The Balaban J connectivity index is 2.52. The third kappa shape index (κ3) is 3.88. The number of para-hydroxylation sites is 1. The SMILES string of the molecule is CC(O)CN(c1ccccc1)S(=O)(=O)c1cccc(C(=O)O)c1. The highest BCUT2D eigenvalue weighted by Gasteiger charge is 2.26. The highest BCUT2D eigenvalue weighted by Crippen LogP contribution is 2.24. The standard InChI is InChI=1S/C16H17NO5S/c1-12(18)11-17(14-7-3-2-4-8-14)23(21,22)15-9-5-6-13(10-15)16(19)20/h2-10,12,18H,11H2,1H3,(H,19,20). The van der Waals surface area contributed by atoms with Gasteiger partial charge in [0.15, 0.2) is 0 Å². The molecule has 0 fully saturated rings. The Kier molecular flexibility index (Phi) is 5.02. The molecule has 2 aromatic rings. The van der Waals surface area contributed by atoms with E-state index in [1.165, 1.54) is 25.1 Å². The third-order valence-electron chi connectivity index (χ3n) is 3.14. The minimum Gasteiger partial charge on any atom is -0.478 e. The number of hydrogen-bond acceptors (Lipinski definition) is 4. The van der Waals surface area contributed by atoms with Gasteiger partial charge >= 0.3 is 5.97 Å². The minimum absolute atomic E-state index is 0.115. The summed E-state index contributed by atoms with van der Waals surface area (Å²) in [6, 6.07) is 13.5. The zero-order valence-corrected chi connectivity index (χ0v) is 13.3. The number of hydrogen-bond donors (Lipinski definition) is 2. The number of aromatic carboxylic acids is 1. The number of carboxylic acids is 1. The largest absolute Gasteiger partial charge is 0.478 e. The lowest BCUT2D eigenvalue weighted by Gasteiger charge is -2.25. The second-order valence-corrected chi connectivity index (χ2v) is 6.92. The van der Waals surface area contributed by atoms with E-state index >= 15 is 0 Å². The number of anilines is 1. The lowest BCUT2D eigenvalue weighted by molar-refractivity contribution is 0.0696. The van der Waals surface area contributed by atoms with Crippen LogP contribution >= 0.6 is 0 Å². The van der Waals surface area contributed by atoms with Crippen molar-refractivity contribution in [1.82, 2.24) is 0 Å². The molecule has 1 atom stereocenters. The van der Waals surface area contributed by atoms with Gasteiger partial charge in [-0.3, -0.25) is 4.31 Å². The van der Waals surface area contributed by atoms with Crippen molar-refractivity contribution in [3.05, 3.63) is 60.2 Å². The van der Waals surface area contributed by atoms with Crippen LogP contribution in [0.15, 0.2) is 59.5 Å². The maximum atomic E-state index is 12.9. The van der Waals surface area contributed by atoms with E-state index < -0.39 is 22.1 Å². The van der Waals surface area contributed by atoms with Crippen LogP contribution in [0.4, 0.5) is 5.69 Å². The van der Waals surface area contributed by atoms with Crippen LogP contribution in [0.5, 0.6) is 0 Å². The molecule has 0 radical (unpaired) electrons. The van der Waals surface area contributed by atoms with E-state index in [1.807, 2.05) is 0 Å². The first kappa shape index (κ1) is 17.0. The fourth-order valence-electron chi connectivity index (χ4n) is 2.09. The van der Waals surface area contributed by atoms with Gasteiger partial charge in [-0.25, -0.2) is 13.2 Å². The number of nitrogens with zero attached hydrogens (tertiary/aromatic N) is 1. The molecular formula is C16H17NO5S. The fraction of sp³-hybridized carbons (Fsp3) is 0.188. The van der Waals surface area contributed by atoms with Gasteiger partial charge in [-0.1, -0.05) is 24.3 Å². The molecular weight excluding hydrogens is 318 g/mol. The second-order valence-electron chi connectivity index (χ2n) is 5.05. The zero-order valence-electron chi connectivity index (χ0n) is 12.5. The molecule has 0 saturated heterocycles. The molecule has 7 heteroatoms. The van der Waals surface area contributed by atoms with Gasteiger partial charge in [0.2, 0.25) is 0 Å². The molecule has 0 aromatic heterocycles. The van der Waals surface area contributed by atoms with Crippen molar-refractivity contribution >= 4 is 21.7 Å². The number of benzene rings is 2. The first-order valence-corrected chi connectivity index (χ1v) is 8.35. The quantitative estimate of drug-likeness (QED) is 0.841. The Morgan fingerprint density at radius 3 is 2.35 bits per heavy atom. The summed E-state index contributed by atoms with van der Waals surface area (Å²) >= 11 is 0. The van der Waals surface area contributed by atoms with Crippen LogP contribution in [0.1, 0.15) is 17.3 Å². The molecule has 0 spiro atoms. The van der Waals surface area contributed by atoms with Crippen LogP contribution in [0, 0.1) is 0 Å². The molecule has 2 rings (SSSR count). The Morgan fingerprint density at radius 1 is 1.13 bits per heavy atom. The van der Waals surface area contributed by atoms with Gasteiger partial charge in [0.25, 0.3) is 10.0 Å². The van der Waals surface area contributed by atoms with E-state index in [1.54, 1.807) is 30.3 Å². The Bertz CT molecular complexity index is 787. The number of rotatable bonds is 6. The maximum absolute atomic E-state index is 12.9. The summed E-state index contributed by atoms with van der Waals surface area (Å²) in [6.45, 7) is 1.35. The summed E-state index contributed by atoms with van der Waals surface area (Å²) in [5.41, 5.74) is 0.283. The van der Waals surface area contributed by atoms with Crippen molar-refractivity contribution in [2.24, 2.45) is 0 Å². The minimum atomic E-state index is -4.00. The number of aliphatic hydroxyl groups is 1. The van der Waals surface area contributed by atoms with Crippen LogP contribution < -0.4 is 4.31 Å². The Labute approximate surface area is 134 Å². The summed E-state index contributed by atoms with van der Waals surface area (Å²) in [5.74, 6) is -1.20. The van der Waals surface area contributed by atoms with Gasteiger partial charge in [0, 0.05) is 0 Å². The zero-order chi connectivity index (χ0) is 17.0. The van der Waals surface area contributed by atoms with Gasteiger partial charge in [0.05, 0.1) is 28.8 Å². The van der Waals surface area contributed by atoms with Crippen LogP contribution in [0.3, 0.4) is 0 Å². The highest BCUT2D eigenvalue weighted by molar-refractivity contribution is 7.92. The van der Waals surface area contributed by atoms with Crippen molar-refractivity contribution in [3.8, 4) is 0 Å². The number of carboxylic acid groups (broad SMARTS) is 1. The summed E-state index contributed by atoms with van der Waals surface area (Å²) in [7, 11) is -4.00. The molecule has 0 saturated carbocycles. The highest BCUT2D eigenvalue weighted by atomic mass is 32.2. The molecule has 0 aliphatic heterocycles. The van der Waals surface area contributed by atoms with E-state index in [0.29, 0.717) is 5.69 Å². The van der Waals surface area contributed by atoms with E-state index in [0.717, 1.165) is 10.4 Å².